The molecule has 0 unspecified atom stereocenters. The van der Waals surface area contributed by atoms with E-state index in [1.165, 1.54) is 4.90 Å². The van der Waals surface area contributed by atoms with Crippen molar-refractivity contribution in [3.8, 4) is 5.69 Å². The van der Waals surface area contributed by atoms with Crippen molar-refractivity contribution in [2.24, 2.45) is 5.92 Å². The van der Waals surface area contributed by atoms with Gasteiger partial charge in [-0.2, -0.15) is 13.2 Å². The molecule has 0 N–H and O–H groups in total. The van der Waals surface area contributed by atoms with Gasteiger partial charge in [-0.1, -0.05) is 5.21 Å². The maximum atomic E-state index is 13.8. The Morgan fingerprint density at radius 2 is 1.53 bits per heavy atom. The zero-order valence-corrected chi connectivity index (χ0v) is 17.3. The first-order valence-corrected chi connectivity index (χ1v) is 10.6. The molecule has 11 heteroatoms. The van der Waals surface area contributed by atoms with Crippen LogP contribution in [-0.2, 0) is 11.0 Å². The quantitative estimate of drug-likeness (QED) is 0.669. The lowest BCUT2D eigenvalue weighted by molar-refractivity contribution is -0.143. The Kier molecular flexibility index (Phi) is 6.16. The highest BCUT2D eigenvalue weighted by molar-refractivity contribution is 5.94. The number of benzene rings is 1. The first-order chi connectivity index (χ1) is 15.3. The third-order valence-corrected chi connectivity index (χ3v) is 6.01. The maximum absolute atomic E-state index is 13.8. The molecule has 172 valence electrons. The molecule has 0 radical (unpaired) electrons. The van der Waals surface area contributed by atoms with Gasteiger partial charge in [-0.15, -0.1) is 5.10 Å². The molecular weight excluding hydrogens is 430 g/mol. The second-order valence-electron chi connectivity index (χ2n) is 8.13. The van der Waals surface area contributed by atoms with E-state index in [0.717, 1.165) is 56.6 Å². The van der Waals surface area contributed by atoms with Crippen molar-refractivity contribution in [2.75, 3.05) is 26.2 Å². The zero-order valence-electron chi connectivity index (χ0n) is 17.3. The Bertz CT molecular complexity index is 975. The second-order valence-corrected chi connectivity index (χ2v) is 8.13. The minimum absolute atomic E-state index is 0.0592. The van der Waals surface area contributed by atoms with E-state index >= 15 is 0 Å². The molecule has 0 bridgehead atoms. The van der Waals surface area contributed by atoms with Crippen LogP contribution in [0.25, 0.3) is 5.69 Å². The first kappa shape index (κ1) is 22.2. The zero-order chi connectivity index (χ0) is 22.9. The van der Waals surface area contributed by atoms with Crippen LogP contribution < -0.4 is 0 Å². The van der Waals surface area contributed by atoms with E-state index in [-0.39, 0.29) is 30.6 Å². The average molecular weight is 453 g/mol. The van der Waals surface area contributed by atoms with Gasteiger partial charge in [0.15, 0.2) is 11.4 Å². The molecule has 0 saturated carbocycles. The maximum Gasteiger partial charge on any atom is 0.435 e. The summed E-state index contributed by atoms with van der Waals surface area (Å²) < 4.78 is 55.1. The highest BCUT2D eigenvalue weighted by Crippen LogP contribution is 2.34. The fraction of sp³-hybridized carbons (Fsp3) is 0.524. The van der Waals surface area contributed by atoms with Gasteiger partial charge in [-0.3, -0.25) is 9.59 Å². The van der Waals surface area contributed by atoms with Crippen LogP contribution in [0.3, 0.4) is 0 Å². The Labute approximate surface area is 182 Å². The predicted octanol–water partition coefficient (Wildman–Crippen LogP) is 3.29. The Morgan fingerprint density at radius 3 is 2.12 bits per heavy atom. The van der Waals surface area contributed by atoms with Crippen LogP contribution in [0, 0.1) is 11.7 Å². The topological polar surface area (TPSA) is 71.3 Å². The second kappa shape index (κ2) is 8.87. The van der Waals surface area contributed by atoms with Crippen molar-refractivity contribution >= 4 is 11.8 Å². The number of carbonyl (C=O) groups excluding carboxylic acids is 2. The highest BCUT2D eigenvalue weighted by Gasteiger charge is 2.43. The Balaban J connectivity index is 1.50. The molecule has 0 aliphatic carbocycles. The summed E-state index contributed by atoms with van der Waals surface area (Å²) in [7, 11) is 0. The van der Waals surface area contributed by atoms with E-state index in [4.69, 9.17) is 0 Å². The van der Waals surface area contributed by atoms with E-state index in [1.807, 2.05) is 4.90 Å². The fourth-order valence-corrected chi connectivity index (χ4v) is 4.30. The van der Waals surface area contributed by atoms with Gasteiger partial charge in [0.1, 0.15) is 5.82 Å². The molecule has 7 nitrogen and oxygen atoms in total. The van der Waals surface area contributed by atoms with Crippen molar-refractivity contribution in [3.63, 3.8) is 0 Å². The number of rotatable bonds is 3. The molecule has 32 heavy (non-hydrogen) atoms. The molecule has 1 aromatic heterocycles. The van der Waals surface area contributed by atoms with Crippen LogP contribution in [0.2, 0.25) is 0 Å². The Hall–Kier alpha value is -2.98. The van der Waals surface area contributed by atoms with Crippen molar-refractivity contribution in [2.45, 2.75) is 38.3 Å². The number of piperidine rings is 2. The molecule has 2 fully saturated rings. The van der Waals surface area contributed by atoms with Crippen LogP contribution in [0.15, 0.2) is 24.3 Å². The van der Waals surface area contributed by atoms with Gasteiger partial charge in [-0.05, 0) is 56.4 Å². The van der Waals surface area contributed by atoms with Crippen LogP contribution in [0.1, 0.15) is 48.3 Å². The number of alkyl halides is 3. The van der Waals surface area contributed by atoms with Crippen LogP contribution in [-0.4, -0.2) is 62.8 Å². The molecule has 2 aliphatic rings. The standard InChI is InChI=1S/C21H23F4N5O2/c22-15-4-6-16(7-5-15)30-18(21(23,24)25)17(26-27-30)20(32)29-12-8-14(9-13-29)19(31)28-10-2-1-3-11-28/h4-7,14H,1-3,8-13H2. The lowest BCUT2D eigenvalue weighted by Crippen LogP contribution is -2.46. The molecule has 0 atom stereocenters. The van der Waals surface area contributed by atoms with Gasteiger partial charge < -0.3 is 9.80 Å². The predicted molar refractivity (Wildman–Crippen MR) is 105 cm³/mol. The number of carbonyl (C=O) groups is 2. The average Bonchev–Trinajstić information content (AvgIpc) is 3.25. The van der Waals surface area contributed by atoms with Crippen LogP contribution in [0.5, 0.6) is 0 Å². The monoisotopic (exact) mass is 453 g/mol. The lowest BCUT2D eigenvalue weighted by Gasteiger charge is -2.35. The largest absolute Gasteiger partial charge is 0.435 e. The number of halogens is 4. The van der Waals surface area contributed by atoms with Gasteiger partial charge in [0.2, 0.25) is 5.91 Å². The number of nitrogens with zero attached hydrogens (tertiary/aromatic N) is 5. The minimum atomic E-state index is -4.90. The molecule has 2 saturated heterocycles. The van der Waals surface area contributed by atoms with E-state index in [1.54, 1.807) is 0 Å². The molecule has 2 aliphatic heterocycles. The fourth-order valence-electron chi connectivity index (χ4n) is 4.30. The van der Waals surface area contributed by atoms with E-state index < -0.39 is 29.3 Å². The van der Waals surface area contributed by atoms with Gasteiger partial charge in [0, 0.05) is 32.1 Å². The summed E-state index contributed by atoms with van der Waals surface area (Å²) in [5.41, 5.74) is -2.17. The van der Waals surface area contributed by atoms with Crippen LogP contribution >= 0.6 is 0 Å². The van der Waals surface area contributed by atoms with Crippen molar-refractivity contribution in [3.05, 3.63) is 41.5 Å². The van der Waals surface area contributed by atoms with Crippen molar-refractivity contribution in [1.82, 2.24) is 24.8 Å². The molecule has 3 heterocycles. The third-order valence-electron chi connectivity index (χ3n) is 6.01. The Morgan fingerprint density at radius 1 is 0.906 bits per heavy atom. The summed E-state index contributed by atoms with van der Waals surface area (Å²) in [4.78, 5) is 28.7. The number of likely N-dealkylation sites (tertiary alicyclic amines) is 2. The van der Waals surface area contributed by atoms with Gasteiger partial charge >= 0.3 is 6.18 Å². The van der Waals surface area contributed by atoms with Gasteiger partial charge in [0.05, 0.1) is 5.69 Å². The summed E-state index contributed by atoms with van der Waals surface area (Å²) in [5.74, 6) is -1.65. The lowest BCUT2D eigenvalue weighted by atomic mass is 9.94. The van der Waals surface area contributed by atoms with Crippen molar-refractivity contribution < 1.29 is 27.2 Å². The molecular formula is C21H23F4N5O2. The molecule has 2 amide bonds. The smallest absolute Gasteiger partial charge is 0.342 e. The summed E-state index contributed by atoms with van der Waals surface area (Å²) >= 11 is 0. The summed E-state index contributed by atoms with van der Waals surface area (Å²) in [6, 6.07) is 4.27. The SMILES string of the molecule is O=C(c1nnn(-c2ccc(F)cc2)c1C(F)(F)F)N1CCC(C(=O)N2CCCCC2)CC1. The van der Waals surface area contributed by atoms with Crippen LogP contribution in [0.4, 0.5) is 17.6 Å². The third kappa shape index (κ3) is 4.46. The first-order valence-electron chi connectivity index (χ1n) is 10.6. The van der Waals surface area contributed by atoms with E-state index in [2.05, 4.69) is 10.3 Å². The number of hydrogen-bond acceptors (Lipinski definition) is 4. The number of hydrogen-bond donors (Lipinski definition) is 0. The summed E-state index contributed by atoms with van der Waals surface area (Å²) in [6.45, 7) is 1.81. The van der Waals surface area contributed by atoms with E-state index in [9.17, 15) is 27.2 Å². The molecule has 1 aromatic carbocycles. The summed E-state index contributed by atoms with van der Waals surface area (Å²) in [5, 5.41) is 7.04. The van der Waals surface area contributed by atoms with Gasteiger partial charge in [-0.25, -0.2) is 9.07 Å². The normalized spacial score (nSPS) is 18.1. The van der Waals surface area contributed by atoms with Gasteiger partial charge in [0.25, 0.3) is 5.91 Å². The number of aromatic nitrogens is 3. The number of amides is 2. The minimum Gasteiger partial charge on any atom is -0.342 e. The van der Waals surface area contributed by atoms with Crippen molar-refractivity contribution in [1.29, 1.82) is 0 Å². The molecule has 0 spiro atoms. The summed E-state index contributed by atoms with van der Waals surface area (Å²) in [6.07, 6.45) is -1.04. The van der Waals surface area contributed by atoms with E-state index in [0.29, 0.717) is 17.5 Å². The highest BCUT2D eigenvalue weighted by atomic mass is 19.4. The molecule has 2 aromatic rings. The molecule has 4 rings (SSSR count).